The van der Waals surface area contributed by atoms with E-state index in [1.54, 1.807) is 0 Å². The fourth-order valence-electron chi connectivity index (χ4n) is 1.91. The lowest BCUT2D eigenvalue weighted by Gasteiger charge is -2.49. The Labute approximate surface area is 85.4 Å². The van der Waals surface area contributed by atoms with Crippen molar-refractivity contribution < 1.29 is 0 Å². The Morgan fingerprint density at radius 3 is 1.31 bits per heavy atom. The second-order valence-electron chi connectivity index (χ2n) is 3.99. The molecule has 5 heteroatoms. The van der Waals surface area contributed by atoms with Crippen molar-refractivity contribution in [3.05, 3.63) is 0 Å². The fourth-order valence-corrected chi connectivity index (χ4v) is 2.39. The third-order valence-electron chi connectivity index (χ3n) is 2.56. The van der Waals surface area contributed by atoms with E-state index < -0.39 is 0 Å². The van der Waals surface area contributed by atoms with Crippen molar-refractivity contribution in [1.29, 1.82) is 0 Å². The van der Waals surface area contributed by atoms with Gasteiger partial charge in [-0.1, -0.05) is 0 Å². The number of hydrogen-bond donors (Lipinski definition) is 1. The van der Waals surface area contributed by atoms with Crippen LogP contribution in [0.2, 0.25) is 0 Å². The zero-order chi connectivity index (χ0) is 10.6. The zero-order valence-corrected chi connectivity index (χ0v) is 12.0. The molecule has 13 heavy (non-hydrogen) atoms. The first-order valence-electron chi connectivity index (χ1n) is 4.56. The molecule has 80 valence electrons. The quantitative estimate of drug-likeness (QED) is 0.421. The maximum atomic E-state index is 3.37. The van der Waals surface area contributed by atoms with Gasteiger partial charge in [0.25, 0.3) is 0 Å². The summed E-state index contributed by atoms with van der Waals surface area (Å²) < 4.78 is 0. The molecule has 0 aromatic rings. The number of hydrogen-bond acceptors (Lipinski definition) is 4. The molecule has 1 N–H and O–H groups in total. The molecule has 0 rings (SSSR count). The van der Waals surface area contributed by atoms with E-state index in [2.05, 4.69) is 62.0 Å². The van der Waals surface area contributed by atoms with Crippen LogP contribution in [-0.4, -0.2) is 79.7 Å². The van der Waals surface area contributed by atoms with E-state index in [9.17, 15) is 0 Å². The van der Waals surface area contributed by atoms with Gasteiger partial charge in [0.2, 0.25) is 0 Å². The molecule has 0 fully saturated rings. The summed E-state index contributed by atoms with van der Waals surface area (Å²) >= 11 is 0. The van der Waals surface area contributed by atoms with Gasteiger partial charge in [-0.2, -0.15) is 0 Å². The van der Waals surface area contributed by atoms with Crippen LogP contribution in [0.4, 0.5) is 0 Å². The van der Waals surface area contributed by atoms with Crippen LogP contribution in [0.15, 0.2) is 0 Å². The van der Waals surface area contributed by atoms with Crippen LogP contribution < -0.4 is 4.98 Å². The minimum Gasteiger partial charge on any atom is -0.341 e. The van der Waals surface area contributed by atoms with Crippen LogP contribution in [0.5, 0.6) is 0 Å². The Kier molecular flexibility index (Phi) is 5.09. The number of nitrogens with zero attached hydrogens (tertiary/aromatic N) is 3. The average molecular weight is 204 g/mol. The first-order valence-corrected chi connectivity index (χ1v) is 5.56. The minimum absolute atomic E-state index is 0.0260. The van der Waals surface area contributed by atoms with E-state index in [4.69, 9.17) is 0 Å². The van der Waals surface area contributed by atoms with E-state index >= 15 is 0 Å². The molecule has 0 amide bonds. The van der Waals surface area contributed by atoms with Crippen molar-refractivity contribution in [2.24, 2.45) is 0 Å². The summed E-state index contributed by atoms with van der Waals surface area (Å²) in [6, 6.07) is 0. The molecule has 0 aliphatic heterocycles. The van der Waals surface area contributed by atoms with Crippen molar-refractivity contribution in [1.82, 2.24) is 19.7 Å². The smallest absolute Gasteiger partial charge is 0.141 e. The Hall–Kier alpha value is 0.0569. The maximum absolute atomic E-state index is 3.37. The van der Waals surface area contributed by atoms with Crippen LogP contribution >= 0.6 is 0 Å². The van der Waals surface area contributed by atoms with E-state index in [0.29, 0.717) is 0 Å². The summed E-state index contributed by atoms with van der Waals surface area (Å²) in [6.45, 7) is 0.965. The molecule has 4 nitrogen and oxygen atoms in total. The van der Waals surface area contributed by atoms with Crippen molar-refractivity contribution >= 4 is 10.4 Å². The topological polar surface area (TPSA) is 21.8 Å². The second-order valence-corrected chi connectivity index (χ2v) is 4.70. The van der Waals surface area contributed by atoms with Gasteiger partial charge in [-0.15, -0.1) is 0 Å². The van der Waals surface area contributed by atoms with Gasteiger partial charge in [0.15, 0.2) is 0 Å². The zero-order valence-electron chi connectivity index (χ0n) is 10.0. The highest BCUT2D eigenvalue weighted by Gasteiger charge is 2.36. The molecule has 0 radical (unpaired) electrons. The van der Waals surface area contributed by atoms with Gasteiger partial charge >= 0.3 is 0 Å². The summed E-state index contributed by atoms with van der Waals surface area (Å²) in [5.74, 6) is -0.0260. The Bertz CT molecular complexity index is 125. The van der Waals surface area contributed by atoms with Gasteiger partial charge in [-0.3, -0.25) is 14.7 Å². The third-order valence-corrected chi connectivity index (χ3v) is 2.92. The van der Waals surface area contributed by atoms with Crippen LogP contribution in [0.25, 0.3) is 0 Å². The van der Waals surface area contributed by atoms with E-state index in [1.807, 2.05) is 0 Å². The highest BCUT2D eigenvalue weighted by atomic mass is 28.2. The number of nitrogens with one attached hydrogen (secondary N) is 1. The van der Waals surface area contributed by atoms with Gasteiger partial charge in [0, 0.05) is 6.54 Å². The molecule has 0 heterocycles. The summed E-state index contributed by atoms with van der Waals surface area (Å²) in [5.41, 5.74) is 0. The number of rotatable bonds is 5. The SMILES string of the molecule is CN(C)C(CN[SiH3])(N(C)C)N(C)C. The van der Waals surface area contributed by atoms with Gasteiger partial charge in [0.05, 0.1) is 10.4 Å². The van der Waals surface area contributed by atoms with Crippen molar-refractivity contribution in [3.63, 3.8) is 0 Å². The van der Waals surface area contributed by atoms with Crippen LogP contribution in [-0.2, 0) is 0 Å². The molecule has 0 unspecified atom stereocenters. The lowest BCUT2D eigenvalue weighted by molar-refractivity contribution is -0.102. The summed E-state index contributed by atoms with van der Waals surface area (Å²) in [6.07, 6.45) is 0. The first-order chi connectivity index (χ1) is 5.89. The molecule has 0 saturated heterocycles. The largest absolute Gasteiger partial charge is 0.341 e. The lowest BCUT2D eigenvalue weighted by atomic mass is 10.2. The molecule has 0 aliphatic carbocycles. The predicted molar refractivity (Wildman–Crippen MR) is 61.7 cm³/mol. The number of likely N-dealkylation sites (N-methyl/N-ethyl adjacent to an activating group) is 3. The second kappa shape index (κ2) is 5.07. The Morgan fingerprint density at radius 1 is 0.923 bits per heavy atom. The molecular weight excluding hydrogens is 180 g/mol. The van der Waals surface area contributed by atoms with Crippen molar-refractivity contribution in [2.75, 3.05) is 48.8 Å². The van der Waals surface area contributed by atoms with Gasteiger partial charge in [-0.25, -0.2) is 0 Å². The van der Waals surface area contributed by atoms with Crippen molar-refractivity contribution in [3.8, 4) is 0 Å². The van der Waals surface area contributed by atoms with E-state index in [1.165, 1.54) is 0 Å². The lowest BCUT2D eigenvalue weighted by Crippen LogP contribution is -2.68. The van der Waals surface area contributed by atoms with Crippen LogP contribution in [0, 0.1) is 0 Å². The van der Waals surface area contributed by atoms with E-state index in [0.717, 1.165) is 16.9 Å². The predicted octanol–water partition coefficient (Wildman–Crippen LogP) is -1.80. The normalized spacial score (nSPS) is 13.6. The van der Waals surface area contributed by atoms with Crippen LogP contribution in [0.1, 0.15) is 0 Å². The third kappa shape index (κ3) is 2.51. The molecule has 0 aliphatic rings. The fraction of sp³-hybridized carbons (Fsp3) is 1.00. The summed E-state index contributed by atoms with van der Waals surface area (Å²) in [5, 5.41) is 0. The molecular formula is C8H24N4Si. The first kappa shape index (κ1) is 13.1. The van der Waals surface area contributed by atoms with Crippen molar-refractivity contribution in [2.45, 2.75) is 5.79 Å². The highest BCUT2D eigenvalue weighted by Crippen LogP contribution is 2.16. The maximum Gasteiger partial charge on any atom is 0.141 e. The molecule has 0 atom stereocenters. The standard InChI is InChI=1S/C8H24N4Si/c1-10(2)8(7-9-13,11(3)4)12(5)6/h9H,7H2,1-6,13H3. The minimum atomic E-state index is -0.0260. The summed E-state index contributed by atoms with van der Waals surface area (Å²) in [7, 11) is 13.7. The van der Waals surface area contributed by atoms with Crippen LogP contribution in [0.3, 0.4) is 0 Å². The molecule has 0 spiro atoms. The molecule has 0 aromatic heterocycles. The van der Waals surface area contributed by atoms with Gasteiger partial charge in [-0.05, 0) is 42.3 Å². The molecule has 0 aromatic carbocycles. The average Bonchev–Trinajstić information content (AvgIpc) is 1.97. The summed E-state index contributed by atoms with van der Waals surface area (Å²) in [4.78, 5) is 10.1. The molecule has 0 bridgehead atoms. The Morgan fingerprint density at radius 2 is 1.23 bits per heavy atom. The van der Waals surface area contributed by atoms with Gasteiger partial charge < -0.3 is 4.98 Å². The Balaban J connectivity index is 4.82. The van der Waals surface area contributed by atoms with E-state index in [-0.39, 0.29) is 5.79 Å². The monoisotopic (exact) mass is 204 g/mol. The van der Waals surface area contributed by atoms with Gasteiger partial charge in [0.1, 0.15) is 5.79 Å². The molecule has 0 saturated carbocycles. The highest BCUT2D eigenvalue weighted by molar-refractivity contribution is 6.04.